The fraction of sp³-hybridized carbons (Fsp3) is 0.800. The molecule has 0 saturated heterocycles. The minimum absolute atomic E-state index is 1.11. The molecular formula is C20H39N. The molecule has 0 atom stereocenters. The van der Waals surface area contributed by atoms with Crippen molar-refractivity contribution in [3.05, 3.63) is 24.3 Å². The highest BCUT2D eigenvalue weighted by molar-refractivity contribution is 4.92. The summed E-state index contributed by atoms with van der Waals surface area (Å²) in [5, 5.41) is 3.38. The van der Waals surface area contributed by atoms with E-state index in [1.165, 1.54) is 77.2 Å². The van der Waals surface area contributed by atoms with Gasteiger partial charge in [0.05, 0.1) is 0 Å². The van der Waals surface area contributed by atoms with Crippen LogP contribution in [0.25, 0.3) is 0 Å². The minimum Gasteiger partial charge on any atom is -0.317 e. The summed E-state index contributed by atoms with van der Waals surface area (Å²) in [4.78, 5) is 0. The molecule has 0 aliphatic heterocycles. The second-order valence-corrected chi connectivity index (χ2v) is 5.94. The van der Waals surface area contributed by atoms with Crippen LogP contribution in [-0.2, 0) is 0 Å². The molecule has 1 heteroatoms. The van der Waals surface area contributed by atoms with E-state index in [4.69, 9.17) is 0 Å². The van der Waals surface area contributed by atoms with Crippen LogP contribution in [0.5, 0.6) is 0 Å². The number of hydrogen-bond donors (Lipinski definition) is 1. The summed E-state index contributed by atoms with van der Waals surface area (Å²) in [6.45, 7) is 6.75. The van der Waals surface area contributed by atoms with Gasteiger partial charge in [0.1, 0.15) is 0 Å². The molecule has 0 aliphatic rings. The lowest BCUT2D eigenvalue weighted by Crippen LogP contribution is -2.13. The fourth-order valence-electron chi connectivity index (χ4n) is 2.41. The zero-order valence-electron chi connectivity index (χ0n) is 14.7. The minimum atomic E-state index is 1.11. The zero-order chi connectivity index (χ0) is 15.4. The molecule has 0 fully saturated rings. The molecule has 21 heavy (non-hydrogen) atoms. The molecule has 0 spiro atoms. The van der Waals surface area contributed by atoms with Crippen LogP contribution in [-0.4, -0.2) is 13.1 Å². The standard InChI is InChI=1S/C20H39N/c1-3-5-6-7-8-9-10-11-12-13-14-15-16-17-18-19-20-21-4-2/h9-10,12-13,21H,3-8,11,14-20H2,1-2H3/b10-9-,13-12-. The molecule has 0 aromatic carbocycles. The van der Waals surface area contributed by atoms with Crippen LogP contribution in [0.1, 0.15) is 90.9 Å². The Balaban J connectivity index is 3.13. The molecule has 0 rings (SSSR count). The van der Waals surface area contributed by atoms with E-state index < -0.39 is 0 Å². The van der Waals surface area contributed by atoms with Crippen LogP contribution >= 0.6 is 0 Å². The summed E-state index contributed by atoms with van der Waals surface area (Å²) in [6, 6.07) is 0. The molecule has 1 N–H and O–H groups in total. The van der Waals surface area contributed by atoms with Crippen molar-refractivity contribution in [2.24, 2.45) is 0 Å². The molecule has 0 heterocycles. The number of nitrogens with one attached hydrogen (secondary N) is 1. The van der Waals surface area contributed by atoms with Crippen LogP contribution in [0.2, 0.25) is 0 Å². The first kappa shape index (κ1) is 20.4. The number of hydrogen-bond acceptors (Lipinski definition) is 1. The fourth-order valence-corrected chi connectivity index (χ4v) is 2.41. The Bertz CT molecular complexity index is 230. The molecule has 0 amide bonds. The molecule has 0 bridgehead atoms. The van der Waals surface area contributed by atoms with Crippen molar-refractivity contribution in [3.8, 4) is 0 Å². The quantitative estimate of drug-likeness (QED) is 0.256. The topological polar surface area (TPSA) is 12.0 Å². The molecule has 0 saturated carbocycles. The highest BCUT2D eigenvalue weighted by Gasteiger charge is 1.89. The van der Waals surface area contributed by atoms with Gasteiger partial charge in [-0.3, -0.25) is 0 Å². The summed E-state index contributed by atoms with van der Waals surface area (Å²) in [5.74, 6) is 0. The molecule has 1 nitrogen and oxygen atoms in total. The molecule has 0 unspecified atom stereocenters. The van der Waals surface area contributed by atoms with E-state index in [-0.39, 0.29) is 0 Å². The van der Waals surface area contributed by atoms with Crippen molar-refractivity contribution < 1.29 is 0 Å². The average molecular weight is 294 g/mol. The van der Waals surface area contributed by atoms with Crippen molar-refractivity contribution in [1.29, 1.82) is 0 Å². The predicted molar refractivity (Wildman–Crippen MR) is 97.9 cm³/mol. The van der Waals surface area contributed by atoms with E-state index in [1.54, 1.807) is 0 Å². The van der Waals surface area contributed by atoms with Crippen molar-refractivity contribution in [3.63, 3.8) is 0 Å². The van der Waals surface area contributed by atoms with Gasteiger partial charge in [-0.2, -0.15) is 0 Å². The Labute approximate surface area is 134 Å². The summed E-state index contributed by atoms with van der Waals surface area (Å²) in [5.41, 5.74) is 0. The van der Waals surface area contributed by atoms with Crippen LogP contribution in [0.15, 0.2) is 24.3 Å². The average Bonchev–Trinajstić information content (AvgIpc) is 2.50. The molecule has 0 aromatic heterocycles. The van der Waals surface area contributed by atoms with Gasteiger partial charge in [-0.15, -0.1) is 0 Å². The normalized spacial score (nSPS) is 11.9. The molecular weight excluding hydrogens is 254 g/mol. The summed E-state index contributed by atoms with van der Waals surface area (Å²) >= 11 is 0. The first-order valence-electron chi connectivity index (χ1n) is 9.42. The highest BCUT2D eigenvalue weighted by atomic mass is 14.8. The highest BCUT2D eigenvalue weighted by Crippen LogP contribution is 2.06. The van der Waals surface area contributed by atoms with Gasteiger partial charge in [0, 0.05) is 0 Å². The number of allylic oxidation sites excluding steroid dienone is 4. The lowest BCUT2D eigenvalue weighted by molar-refractivity contribution is 0.585. The van der Waals surface area contributed by atoms with Gasteiger partial charge < -0.3 is 5.32 Å². The smallest absolute Gasteiger partial charge is 0.00490 e. The molecule has 0 radical (unpaired) electrons. The first-order valence-corrected chi connectivity index (χ1v) is 9.42. The SMILES string of the molecule is CCCCCC/C=C\C/C=C\CCCCCCCNCC. The molecule has 124 valence electrons. The van der Waals surface area contributed by atoms with Gasteiger partial charge in [0.2, 0.25) is 0 Å². The van der Waals surface area contributed by atoms with Crippen molar-refractivity contribution in [2.45, 2.75) is 90.9 Å². The Morgan fingerprint density at radius 2 is 1.19 bits per heavy atom. The van der Waals surface area contributed by atoms with Crippen LogP contribution in [0.3, 0.4) is 0 Å². The maximum absolute atomic E-state index is 3.38. The predicted octanol–water partition coefficient (Wildman–Crippen LogP) is 6.41. The van der Waals surface area contributed by atoms with E-state index in [9.17, 15) is 0 Å². The Morgan fingerprint density at radius 3 is 1.81 bits per heavy atom. The van der Waals surface area contributed by atoms with Gasteiger partial charge in [0.25, 0.3) is 0 Å². The summed E-state index contributed by atoms with van der Waals surface area (Å²) < 4.78 is 0. The van der Waals surface area contributed by atoms with Gasteiger partial charge in [-0.05, 0) is 51.6 Å². The lowest BCUT2D eigenvalue weighted by Gasteiger charge is -2.01. The maximum atomic E-state index is 3.38. The van der Waals surface area contributed by atoms with Crippen LogP contribution in [0.4, 0.5) is 0 Å². The first-order chi connectivity index (χ1) is 10.4. The lowest BCUT2D eigenvalue weighted by atomic mass is 10.1. The van der Waals surface area contributed by atoms with E-state index in [1.807, 2.05) is 0 Å². The Hall–Kier alpha value is -0.560. The Morgan fingerprint density at radius 1 is 0.619 bits per heavy atom. The number of rotatable bonds is 16. The molecule has 0 aliphatic carbocycles. The van der Waals surface area contributed by atoms with Crippen molar-refractivity contribution in [2.75, 3.05) is 13.1 Å². The van der Waals surface area contributed by atoms with Crippen molar-refractivity contribution >= 4 is 0 Å². The summed E-state index contributed by atoms with van der Waals surface area (Å²) in [7, 11) is 0. The second kappa shape index (κ2) is 19.4. The monoisotopic (exact) mass is 293 g/mol. The third-order valence-corrected chi connectivity index (χ3v) is 3.80. The number of unbranched alkanes of at least 4 members (excludes halogenated alkanes) is 9. The molecule has 0 aromatic rings. The van der Waals surface area contributed by atoms with E-state index in [0.717, 1.165) is 13.0 Å². The zero-order valence-corrected chi connectivity index (χ0v) is 14.7. The largest absolute Gasteiger partial charge is 0.317 e. The Kier molecular flexibility index (Phi) is 18.9. The summed E-state index contributed by atoms with van der Waals surface area (Å²) in [6.07, 6.45) is 25.4. The maximum Gasteiger partial charge on any atom is -0.00490 e. The van der Waals surface area contributed by atoms with Crippen LogP contribution < -0.4 is 5.32 Å². The van der Waals surface area contributed by atoms with Gasteiger partial charge in [-0.25, -0.2) is 0 Å². The van der Waals surface area contributed by atoms with E-state index >= 15 is 0 Å². The van der Waals surface area contributed by atoms with E-state index in [2.05, 4.69) is 43.5 Å². The van der Waals surface area contributed by atoms with Crippen molar-refractivity contribution in [1.82, 2.24) is 5.32 Å². The van der Waals surface area contributed by atoms with E-state index in [0.29, 0.717) is 0 Å². The third kappa shape index (κ3) is 19.4. The van der Waals surface area contributed by atoms with Crippen LogP contribution in [0, 0.1) is 0 Å². The van der Waals surface area contributed by atoms with Gasteiger partial charge >= 0.3 is 0 Å². The third-order valence-electron chi connectivity index (χ3n) is 3.80. The van der Waals surface area contributed by atoms with Gasteiger partial charge in [0.15, 0.2) is 0 Å². The van der Waals surface area contributed by atoms with Gasteiger partial charge in [-0.1, -0.05) is 76.7 Å². The second-order valence-electron chi connectivity index (χ2n) is 5.94.